The average Bonchev–Trinajstić information content (AvgIpc) is 2.80. The lowest BCUT2D eigenvalue weighted by Gasteiger charge is -2.34. The van der Waals surface area contributed by atoms with Crippen molar-refractivity contribution in [3.63, 3.8) is 0 Å². The van der Waals surface area contributed by atoms with Crippen molar-refractivity contribution in [2.24, 2.45) is 0 Å². The summed E-state index contributed by atoms with van der Waals surface area (Å²) in [6, 6.07) is 13.9. The van der Waals surface area contributed by atoms with Crippen LogP contribution in [0.15, 0.2) is 42.5 Å². The summed E-state index contributed by atoms with van der Waals surface area (Å²) in [5, 5.41) is 3.01. The van der Waals surface area contributed by atoms with Gasteiger partial charge in [0, 0.05) is 31.9 Å². The van der Waals surface area contributed by atoms with Crippen LogP contribution in [-0.2, 0) is 9.59 Å². The first kappa shape index (κ1) is 23.8. The summed E-state index contributed by atoms with van der Waals surface area (Å²) in [6.07, 6.45) is 1.02. The number of ether oxygens (including phenoxy) is 1. The molecule has 1 aliphatic heterocycles. The van der Waals surface area contributed by atoms with Gasteiger partial charge in [0.25, 0.3) is 5.91 Å². The van der Waals surface area contributed by atoms with Crippen molar-refractivity contribution in [1.29, 1.82) is 0 Å². The maximum atomic E-state index is 12.7. The van der Waals surface area contributed by atoms with E-state index in [1.54, 1.807) is 0 Å². The van der Waals surface area contributed by atoms with E-state index in [4.69, 9.17) is 4.74 Å². The Morgan fingerprint density at radius 1 is 1.03 bits per heavy atom. The predicted molar refractivity (Wildman–Crippen MR) is 128 cm³/mol. The van der Waals surface area contributed by atoms with Gasteiger partial charge in [0.15, 0.2) is 6.61 Å². The number of carbonyl (C=O) groups excluding carboxylic acids is 2. The molecule has 0 saturated carbocycles. The first-order valence-electron chi connectivity index (χ1n) is 11.5. The van der Waals surface area contributed by atoms with Crippen LogP contribution in [0.1, 0.15) is 42.9 Å². The lowest BCUT2D eigenvalue weighted by molar-refractivity contribution is -0.135. The van der Waals surface area contributed by atoms with E-state index in [-0.39, 0.29) is 18.4 Å². The molecular weight excluding hydrogens is 402 g/mol. The number of nitrogens with zero attached hydrogens (tertiary/aromatic N) is 2. The molecule has 0 radical (unpaired) electrons. The quantitative estimate of drug-likeness (QED) is 0.679. The number of nitrogens with one attached hydrogen (secondary N) is 1. The summed E-state index contributed by atoms with van der Waals surface area (Å²) < 4.78 is 5.88. The number of benzene rings is 2. The summed E-state index contributed by atoms with van der Waals surface area (Å²) in [6.45, 7) is 11.3. The number of hydrogen-bond donors (Lipinski definition) is 1. The summed E-state index contributed by atoms with van der Waals surface area (Å²) in [5.41, 5.74) is 4.25. The molecule has 1 atom stereocenters. The number of para-hydroxylation sites is 1. The van der Waals surface area contributed by atoms with Crippen LogP contribution in [-0.4, -0.2) is 60.9 Å². The van der Waals surface area contributed by atoms with Gasteiger partial charge < -0.3 is 15.0 Å². The summed E-state index contributed by atoms with van der Waals surface area (Å²) in [5.74, 6) is 1.14. The van der Waals surface area contributed by atoms with Crippen LogP contribution in [0.4, 0.5) is 5.69 Å². The molecule has 32 heavy (non-hydrogen) atoms. The Morgan fingerprint density at radius 2 is 1.75 bits per heavy atom. The minimum atomic E-state index is -0.0246. The van der Waals surface area contributed by atoms with Crippen molar-refractivity contribution in [2.45, 2.75) is 40.0 Å². The number of amides is 2. The van der Waals surface area contributed by atoms with Crippen LogP contribution in [0, 0.1) is 13.8 Å². The topological polar surface area (TPSA) is 61.9 Å². The molecule has 172 valence electrons. The highest BCUT2D eigenvalue weighted by Gasteiger charge is 2.23. The second-order valence-electron chi connectivity index (χ2n) is 8.59. The second-order valence-corrected chi connectivity index (χ2v) is 8.59. The molecule has 2 amide bonds. The number of aryl methyl sites for hydroxylation is 1. The van der Waals surface area contributed by atoms with Gasteiger partial charge >= 0.3 is 0 Å². The predicted octanol–water partition coefficient (Wildman–Crippen LogP) is 3.98. The van der Waals surface area contributed by atoms with Gasteiger partial charge in [-0.15, -0.1) is 0 Å². The van der Waals surface area contributed by atoms with Gasteiger partial charge in [0.1, 0.15) is 5.75 Å². The molecule has 3 rings (SSSR count). The Labute approximate surface area is 191 Å². The largest absolute Gasteiger partial charge is 0.483 e. The summed E-state index contributed by atoms with van der Waals surface area (Å²) in [4.78, 5) is 29.1. The molecule has 1 aliphatic rings. The van der Waals surface area contributed by atoms with E-state index in [0.29, 0.717) is 38.6 Å². The molecule has 1 saturated heterocycles. The van der Waals surface area contributed by atoms with E-state index in [0.717, 1.165) is 34.5 Å². The zero-order valence-electron chi connectivity index (χ0n) is 19.7. The zero-order chi connectivity index (χ0) is 23.1. The Balaban J connectivity index is 1.45. The van der Waals surface area contributed by atoms with E-state index in [1.807, 2.05) is 55.1 Å². The zero-order valence-corrected chi connectivity index (χ0v) is 19.7. The molecule has 0 aliphatic carbocycles. The molecule has 1 N–H and O–H groups in total. The number of hydrogen-bond acceptors (Lipinski definition) is 4. The minimum Gasteiger partial charge on any atom is -0.483 e. The van der Waals surface area contributed by atoms with Crippen LogP contribution >= 0.6 is 0 Å². The van der Waals surface area contributed by atoms with Gasteiger partial charge in [-0.3, -0.25) is 14.5 Å². The van der Waals surface area contributed by atoms with Gasteiger partial charge in [-0.05, 0) is 55.0 Å². The molecule has 0 aromatic heterocycles. The van der Waals surface area contributed by atoms with Crippen LogP contribution in [0.25, 0.3) is 0 Å². The van der Waals surface area contributed by atoms with Crippen LogP contribution in [0.2, 0.25) is 0 Å². The van der Waals surface area contributed by atoms with Crippen LogP contribution in [0.3, 0.4) is 0 Å². The number of piperazine rings is 1. The average molecular weight is 438 g/mol. The third-order valence-electron chi connectivity index (χ3n) is 6.38. The van der Waals surface area contributed by atoms with Crippen molar-refractivity contribution in [3.8, 4) is 5.75 Å². The van der Waals surface area contributed by atoms with Crippen molar-refractivity contribution in [2.75, 3.05) is 44.6 Å². The first-order chi connectivity index (χ1) is 15.4. The van der Waals surface area contributed by atoms with Crippen LogP contribution < -0.4 is 10.1 Å². The van der Waals surface area contributed by atoms with Crippen LogP contribution in [0.5, 0.6) is 5.75 Å². The smallest absolute Gasteiger partial charge is 0.260 e. The highest BCUT2D eigenvalue weighted by Crippen LogP contribution is 2.28. The van der Waals surface area contributed by atoms with Crippen molar-refractivity contribution < 1.29 is 14.3 Å². The third kappa shape index (κ3) is 6.10. The van der Waals surface area contributed by atoms with E-state index in [9.17, 15) is 9.59 Å². The lowest BCUT2D eigenvalue weighted by Crippen LogP contribution is -2.51. The number of carbonyl (C=O) groups is 2. The molecule has 6 heteroatoms. The normalized spacial score (nSPS) is 15.3. The molecule has 0 bridgehead atoms. The Kier molecular flexibility index (Phi) is 8.28. The Bertz CT molecular complexity index is 936. The van der Waals surface area contributed by atoms with Gasteiger partial charge in [-0.2, -0.15) is 0 Å². The van der Waals surface area contributed by atoms with E-state index in [2.05, 4.69) is 30.1 Å². The Morgan fingerprint density at radius 3 is 2.47 bits per heavy atom. The van der Waals surface area contributed by atoms with Gasteiger partial charge in [-0.25, -0.2) is 0 Å². The molecular formula is C26H35N3O3. The number of anilines is 1. The molecule has 1 unspecified atom stereocenters. The maximum Gasteiger partial charge on any atom is 0.260 e. The molecule has 1 heterocycles. The minimum absolute atomic E-state index is 0.0107. The number of rotatable bonds is 8. The van der Waals surface area contributed by atoms with E-state index < -0.39 is 0 Å². The van der Waals surface area contributed by atoms with Gasteiger partial charge in [0.2, 0.25) is 5.91 Å². The second kappa shape index (κ2) is 11.1. The Hall–Kier alpha value is -2.86. The van der Waals surface area contributed by atoms with Gasteiger partial charge in [0.05, 0.1) is 6.54 Å². The SMILES string of the molecule is CCC(C)c1ccccc1OCC(=O)N1CCN(CC(=O)Nc2cccc(C)c2C)CC1. The molecule has 1 fully saturated rings. The van der Waals surface area contributed by atoms with Crippen molar-refractivity contribution >= 4 is 17.5 Å². The first-order valence-corrected chi connectivity index (χ1v) is 11.5. The van der Waals surface area contributed by atoms with E-state index >= 15 is 0 Å². The third-order valence-corrected chi connectivity index (χ3v) is 6.38. The fourth-order valence-electron chi connectivity index (χ4n) is 3.90. The molecule has 0 spiro atoms. The fraction of sp³-hybridized carbons (Fsp3) is 0.462. The van der Waals surface area contributed by atoms with Crippen molar-refractivity contribution in [3.05, 3.63) is 59.2 Å². The lowest BCUT2D eigenvalue weighted by atomic mass is 9.98. The van der Waals surface area contributed by atoms with Gasteiger partial charge in [-0.1, -0.05) is 44.2 Å². The summed E-state index contributed by atoms with van der Waals surface area (Å²) in [7, 11) is 0. The fourth-order valence-corrected chi connectivity index (χ4v) is 3.90. The molecule has 2 aromatic rings. The highest BCUT2D eigenvalue weighted by atomic mass is 16.5. The molecule has 6 nitrogen and oxygen atoms in total. The van der Waals surface area contributed by atoms with Crippen molar-refractivity contribution in [1.82, 2.24) is 9.80 Å². The monoisotopic (exact) mass is 437 g/mol. The van der Waals surface area contributed by atoms with E-state index in [1.165, 1.54) is 0 Å². The standard InChI is InChI=1S/C26H35N3O3/c1-5-19(2)22-10-6-7-12-24(22)32-18-26(31)29-15-13-28(14-16-29)17-25(30)27-23-11-8-9-20(3)21(23)4/h6-12,19H,5,13-18H2,1-4H3,(H,27,30). The summed E-state index contributed by atoms with van der Waals surface area (Å²) >= 11 is 0. The molecule has 2 aromatic carbocycles. The maximum absolute atomic E-state index is 12.7. The highest BCUT2D eigenvalue weighted by molar-refractivity contribution is 5.93.